The van der Waals surface area contributed by atoms with Crippen LogP contribution in [0.2, 0.25) is 0 Å². The minimum absolute atomic E-state index is 0.702. The lowest BCUT2D eigenvalue weighted by Crippen LogP contribution is -2.31. The highest BCUT2D eigenvalue weighted by molar-refractivity contribution is 7.13. The number of methoxy groups -OCH3 is 1. The third-order valence-electron chi connectivity index (χ3n) is 4.43. The summed E-state index contributed by atoms with van der Waals surface area (Å²) in [6.45, 7) is 2.04. The van der Waals surface area contributed by atoms with Gasteiger partial charge < -0.3 is 9.64 Å². The largest absolute Gasteiger partial charge is 0.497 e. The predicted octanol–water partition coefficient (Wildman–Crippen LogP) is 4.27. The Kier molecular flexibility index (Phi) is 4.61. The molecule has 1 aromatic carbocycles. The fourth-order valence-electron chi connectivity index (χ4n) is 3.09. The van der Waals surface area contributed by atoms with Gasteiger partial charge in [-0.15, -0.1) is 21.5 Å². The van der Waals surface area contributed by atoms with E-state index in [9.17, 15) is 0 Å². The Morgan fingerprint density at radius 3 is 2.48 bits per heavy atom. The first-order valence-corrected chi connectivity index (χ1v) is 9.41. The molecular formula is C19H20N4OS. The highest BCUT2D eigenvalue weighted by atomic mass is 32.1. The molecule has 1 fully saturated rings. The number of ether oxygens (including phenoxy) is 1. The molecule has 1 saturated heterocycles. The Labute approximate surface area is 151 Å². The van der Waals surface area contributed by atoms with Gasteiger partial charge in [0.15, 0.2) is 11.6 Å². The molecule has 0 aliphatic carbocycles. The Morgan fingerprint density at radius 1 is 1.00 bits per heavy atom. The first-order chi connectivity index (χ1) is 12.3. The van der Waals surface area contributed by atoms with Crippen molar-refractivity contribution in [3.05, 3.63) is 41.8 Å². The van der Waals surface area contributed by atoms with Crippen molar-refractivity contribution >= 4 is 17.2 Å². The number of piperidine rings is 1. The zero-order valence-corrected chi connectivity index (χ0v) is 15.0. The van der Waals surface area contributed by atoms with E-state index in [-0.39, 0.29) is 0 Å². The smallest absolute Gasteiger partial charge is 0.193 e. The van der Waals surface area contributed by atoms with Crippen LogP contribution in [0.3, 0.4) is 0 Å². The Hall–Kier alpha value is -2.47. The molecule has 6 heteroatoms. The standard InChI is InChI=1S/C19H20N4OS/c1-24-15-9-7-14(8-10-15)17-19(23-11-3-2-4-12-23)20-18(22-21-17)16-6-5-13-25-16/h5-10,13H,2-4,11-12H2,1H3. The highest BCUT2D eigenvalue weighted by Crippen LogP contribution is 2.32. The third kappa shape index (κ3) is 3.35. The predicted molar refractivity (Wildman–Crippen MR) is 101 cm³/mol. The van der Waals surface area contributed by atoms with Crippen molar-refractivity contribution in [3.8, 4) is 27.7 Å². The van der Waals surface area contributed by atoms with Crippen molar-refractivity contribution in [2.75, 3.05) is 25.1 Å². The molecule has 128 valence electrons. The maximum Gasteiger partial charge on any atom is 0.193 e. The van der Waals surface area contributed by atoms with Gasteiger partial charge in [-0.2, -0.15) is 0 Å². The van der Waals surface area contributed by atoms with E-state index in [4.69, 9.17) is 9.72 Å². The number of nitrogens with zero attached hydrogens (tertiary/aromatic N) is 4. The second-order valence-corrected chi connectivity index (χ2v) is 7.01. The van der Waals surface area contributed by atoms with Crippen molar-refractivity contribution in [1.82, 2.24) is 15.2 Å². The average Bonchev–Trinajstić information content (AvgIpc) is 3.23. The molecule has 5 nitrogen and oxygen atoms in total. The quantitative estimate of drug-likeness (QED) is 0.702. The Balaban J connectivity index is 1.78. The van der Waals surface area contributed by atoms with Crippen LogP contribution in [0.4, 0.5) is 5.82 Å². The summed E-state index contributed by atoms with van der Waals surface area (Å²) in [6.07, 6.45) is 3.67. The van der Waals surface area contributed by atoms with Crippen molar-refractivity contribution in [1.29, 1.82) is 0 Å². The van der Waals surface area contributed by atoms with Gasteiger partial charge in [0.1, 0.15) is 11.4 Å². The lowest BCUT2D eigenvalue weighted by atomic mass is 10.1. The topological polar surface area (TPSA) is 51.1 Å². The molecule has 0 spiro atoms. The van der Waals surface area contributed by atoms with E-state index < -0.39 is 0 Å². The first kappa shape index (κ1) is 16.0. The molecule has 0 radical (unpaired) electrons. The van der Waals surface area contributed by atoms with Crippen LogP contribution in [-0.2, 0) is 0 Å². The SMILES string of the molecule is COc1ccc(-c2nnc(-c3cccs3)nc2N2CCCCC2)cc1. The summed E-state index contributed by atoms with van der Waals surface area (Å²) in [4.78, 5) is 8.28. The van der Waals surface area contributed by atoms with Crippen LogP contribution in [-0.4, -0.2) is 35.4 Å². The van der Waals surface area contributed by atoms with Crippen molar-refractivity contribution in [2.45, 2.75) is 19.3 Å². The lowest BCUT2D eigenvalue weighted by molar-refractivity contribution is 0.415. The minimum Gasteiger partial charge on any atom is -0.497 e. The molecular weight excluding hydrogens is 332 g/mol. The van der Waals surface area contributed by atoms with Gasteiger partial charge in [-0.05, 0) is 55.0 Å². The van der Waals surface area contributed by atoms with Crippen LogP contribution < -0.4 is 9.64 Å². The van der Waals surface area contributed by atoms with Crippen molar-refractivity contribution < 1.29 is 4.74 Å². The van der Waals surface area contributed by atoms with Crippen LogP contribution >= 0.6 is 11.3 Å². The number of thiophene rings is 1. The van der Waals surface area contributed by atoms with Gasteiger partial charge >= 0.3 is 0 Å². The van der Waals surface area contributed by atoms with Crippen molar-refractivity contribution in [3.63, 3.8) is 0 Å². The molecule has 25 heavy (non-hydrogen) atoms. The van der Waals surface area contributed by atoms with E-state index in [2.05, 4.69) is 15.1 Å². The molecule has 0 amide bonds. The van der Waals surface area contributed by atoms with E-state index in [0.29, 0.717) is 5.82 Å². The maximum absolute atomic E-state index is 5.26. The Bertz CT molecular complexity index is 827. The summed E-state index contributed by atoms with van der Waals surface area (Å²) in [5.41, 5.74) is 1.85. The fraction of sp³-hybridized carbons (Fsp3) is 0.316. The molecule has 2 aromatic heterocycles. The van der Waals surface area contributed by atoms with Crippen LogP contribution in [0.5, 0.6) is 5.75 Å². The van der Waals surface area contributed by atoms with Gasteiger partial charge in [-0.25, -0.2) is 4.98 Å². The zero-order chi connectivity index (χ0) is 17.1. The lowest BCUT2D eigenvalue weighted by Gasteiger charge is -2.29. The first-order valence-electron chi connectivity index (χ1n) is 8.53. The second-order valence-electron chi connectivity index (χ2n) is 6.06. The summed E-state index contributed by atoms with van der Waals surface area (Å²) >= 11 is 1.64. The number of benzene rings is 1. The van der Waals surface area contributed by atoms with Crippen molar-refractivity contribution in [2.24, 2.45) is 0 Å². The van der Waals surface area contributed by atoms with E-state index in [0.717, 1.165) is 40.8 Å². The van der Waals surface area contributed by atoms with Crippen LogP contribution in [0.25, 0.3) is 22.0 Å². The molecule has 3 heterocycles. The summed E-state index contributed by atoms with van der Waals surface area (Å²) in [5, 5.41) is 11.0. The highest BCUT2D eigenvalue weighted by Gasteiger charge is 2.20. The minimum atomic E-state index is 0.702. The maximum atomic E-state index is 5.26. The van der Waals surface area contributed by atoms with E-state index in [1.54, 1.807) is 18.4 Å². The summed E-state index contributed by atoms with van der Waals surface area (Å²) in [6, 6.07) is 12.0. The average molecular weight is 352 g/mol. The fourth-order valence-corrected chi connectivity index (χ4v) is 3.74. The van der Waals surface area contributed by atoms with E-state index in [1.165, 1.54) is 19.3 Å². The molecule has 0 atom stereocenters. The van der Waals surface area contributed by atoms with Crippen LogP contribution in [0, 0.1) is 0 Å². The third-order valence-corrected chi connectivity index (χ3v) is 5.29. The molecule has 0 saturated carbocycles. The summed E-state index contributed by atoms with van der Waals surface area (Å²) < 4.78 is 5.26. The van der Waals surface area contributed by atoms with Gasteiger partial charge in [0.25, 0.3) is 0 Å². The molecule has 1 aliphatic rings. The van der Waals surface area contributed by atoms with Gasteiger partial charge in [0.05, 0.1) is 12.0 Å². The summed E-state index contributed by atoms with van der Waals surface area (Å²) in [7, 11) is 1.67. The molecule has 1 aliphatic heterocycles. The second kappa shape index (κ2) is 7.19. The number of anilines is 1. The molecule has 0 bridgehead atoms. The number of aromatic nitrogens is 3. The zero-order valence-electron chi connectivity index (χ0n) is 14.2. The summed E-state index contributed by atoms with van der Waals surface area (Å²) in [5.74, 6) is 2.47. The number of rotatable bonds is 4. The number of hydrogen-bond acceptors (Lipinski definition) is 6. The molecule has 0 N–H and O–H groups in total. The van der Waals surface area contributed by atoms with Gasteiger partial charge in [0, 0.05) is 18.7 Å². The molecule has 0 unspecified atom stereocenters. The van der Waals surface area contributed by atoms with Gasteiger partial charge in [0.2, 0.25) is 0 Å². The van der Waals surface area contributed by atoms with E-state index in [1.807, 2.05) is 41.8 Å². The Morgan fingerprint density at radius 2 is 1.80 bits per heavy atom. The van der Waals surface area contributed by atoms with Gasteiger partial charge in [-0.1, -0.05) is 6.07 Å². The van der Waals surface area contributed by atoms with Crippen LogP contribution in [0.1, 0.15) is 19.3 Å². The number of hydrogen-bond donors (Lipinski definition) is 0. The molecule has 4 rings (SSSR count). The molecule has 3 aromatic rings. The monoisotopic (exact) mass is 352 g/mol. The van der Waals surface area contributed by atoms with Crippen LogP contribution in [0.15, 0.2) is 41.8 Å². The van der Waals surface area contributed by atoms with E-state index >= 15 is 0 Å². The van der Waals surface area contributed by atoms with Gasteiger partial charge in [-0.3, -0.25) is 0 Å². The normalized spacial score (nSPS) is 14.5.